The summed E-state index contributed by atoms with van der Waals surface area (Å²) in [5.41, 5.74) is 1.42. The van der Waals surface area contributed by atoms with Gasteiger partial charge >= 0.3 is 0 Å². The summed E-state index contributed by atoms with van der Waals surface area (Å²) in [4.78, 5) is 21.9. The third-order valence-electron chi connectivity index (χ3n) is 2.76. The number of nitrogens with zero attached hydrogens (tertiary/aromatic N) is 1. The Kier molecular flexibility index (Phi) is 5.44. The molecule has 104 valence electrons. The summed E-state index contributed by atoms with van der Waals surface area (Å²) >= 11 is 0. The minimum atomic E-state index is -0.416. The molecule has 0 spiro atoms. The van der Waals surface area contributed by atoms with Crippen molar-refractivity contribution in [1.82, 2.24) is 10.6 Å². The summed E-state index contributed by atoms with van der Waals surface area (Å²) in [6, 6.07) is 5.10. The third kappa shape index (κ3) is 4.67. The van der Waals surface area contributed by atoms with E-state index in [2.05, 4.69) is 10.6 Å². The van der Waals surface area contributed by atoms with Crippen molar-refractivity contribution in [2.24, 2.45) is 0 Å². The highest BCUT2D eigenvalue weighted by Gasteiger charge is 2.13. The molecule has 0 atom stereocenters. The normalized spacial score (nSPS) is 10.5. The van der Waals surface area contributed by atoms with E-state index >= 15 is 0 Å². The van der Waals surface area contributed by atoms with Crippen LogP contribution in [0.15, 0.2) is 18.2 Å². The van der Waals surface area contributed by atoms with Gasteiger partial charge in [0.15, 0.2) is 0 Å². The summed E-state index contributed by atoms with van der Waals surface area (Å²) in [7, 11) is 0. The van der Waals surface area contributed by atoms with Gasteiger partial charge in [-0.05, 0) is 12.5 Å². The van der Waals surface area contributed by atoms with Crippen molar-refractivity contribution in [3.8, 4) is 0 Å². The van der Waals surface area contributed by atoms with Crippen LogP contribution in [0, 0.1) is 17.0 Å². The Morgan fingerprint density at radius 3 is 2.68 bits per heavy atom. The quantitative estimate of drug-likeness (QED) is 0.603. The monoisotopic (exact) mass is 265 g/mol. The summed E-state index contributed by atoms with van der Waals surface area (Å²) in [5.74, 6) is -0.125. The predicted molar refractivity (Wildman–Crippen MR) is 72.8 cm³/mol. The number of hydrogen-bond donors (Lipinski definition) is 2. The Hall–Kier alpha value is -1.95. The number of rotatable bonds is 6. The largest absolute Gasteiger partial charge is 0.351 e. The lowest BCUT2D eigenvalue weighted by Crippen LogP contribution is -2.36. The molecule has 0 fully saturated rings. The molecule has 6 heteroatoms. The number of benzene rings is 1. The zero-order valence-electron chi connectivity index (χ0n) is 11.4. The van der Waals surface area contributed by atoms with Gasteiger partial charge in [-0.25, -0.2) is 0 Å². The first kappa shape index (κ1) is 15.1. The van der Waals surface area contributed by atoms with Crippen LogP contribution < -0.4 is 10.6 Å². The van der Waals surface area contributed by atoms with Crippen LogP contribution in [-0.4, -0.2) is 23.4 Å². The van der Waals surface area contributed by atoms with Gasteiger partial charge in [0.1, 0.15) is 0 Å². The van der Waals surface area contributed by atoms with E-state index in [0.29, 0.717) is 12.1 Å². The first-order chi connectivity index (χ1) is 8.91. The maximum Gasteiger partial charge on any atom is 0.272 e. The number of nitrogens with one attached hydrogen (secondary N) is 2. The van der Waals surface area contributed by atoms with Crippen LogP contribution in [0.2, 0.25) is 0 Å². The van der Waals surface area contributed by atoms with E-state index in [1.54, 1.807) is 19.1 Å². The zero-order valence-corrected chi connectivity index (χ0v) is 11.4. The summed E-state index contributed by atoms with van der Waals surface area (Å²) < 4.78 is 0. The number of nitro benzene ring substituents is 1. The molecule has 0 aliphatic carbocycles. The van der Waals surface area contributed by atoms with Crippen molar-refractivity contribution < 1.29 is 9.72 Å². The number of amides is 1. The van der Waals surface area contributed by atoms with Gasteiger partial charge in [0.25, 0.3) is 5.69 Å². The lowest BCUT2D eigenvalue weighted by molar-refractivity contribution is -0.385. The molecule has 0 heterocycles. The van der Waals surface area contributed by atoms with Crippen molar-refractivity contribution in [3.05, 3.63) is 39.4 Å². The average molecular weight is 265 g/mol. The lowest BCUT2D eigenvalue weighted by atomic mass is 10.1. The smallest absolute Gasteiger partial charge is 0.272 e. The number of carbonyl (C=O) groups is 1. The van der Waals surface area contributed by atoms with Crippen LogP contribution >= 0.6 is 0 Å². The number of nitro groups is 1. The Bertz CT molecular complexity index is 472. The van der Waals surface area contributed by atoms with Gasteiger partial charge in [0.2, 0.25) is 5.91 Å². The molecule has 1 amide bonds. The van der Waals surface area contributed by atoms with Crippen LogP contribution in [0.3, 0.4) is 0 Å². The van der Waals surface area contributed by atoms with Crippen LogP contribution in [0.25, 0.3) is 0 Å². The topological polar surface area (TPSA) is 84.3 Å². The fourth-order valence-electron chi connectivity index (χ4n) is 1.61. The second-order valence-electron chi connectivity index (χ2n) is 4.63. The Morgan fingerprint density at radius 1 is 1.42 bits per heavy atom. The maximum atomic E-state index is 11.5. The van der Waals surface area contributed by atoms with Gasteiger partial charge < -0.3 is 10.6 Å². The molecule has 0 aromatic heterocycles. The molecule has 1 rings (SSSR count). The van der Waals surface area contributed by atoms with Crippen molar-refractivity contribution in [2.75, 3.05) is 6.54 Å². The molecule has 1 aromatic carbocycles. The molecule has 0 saturated carbocycles. The molecule has 0 unspecified atom stereocenters. The molecule has 0 bridgehead atoms. The summed E-state index contributed by atoms with van der Waals surface area (Å²) in [6.07, 6.45) is 0. The van der Waals surface area contributed by atoms with E-state index in [-0.39, 0.29) is 24.2 Å². The molecule has 6 nitrogen and oxygen atoms in total. The van der Waals surface area contributed by atoms with Gasteiger partial charge in [-0.1, -0.05) is 26.0 Å². The second kappa shape index (κ2) is 6.84. The molecule has 0 radical (unpaired) electrons. The van der Waals surface area contributed by atoms with E-state index in [1.165, 1.54) is 6.07 Å². The van der Waals surface area contributed by atoms with Crippen molar-refractivity contribution in [3.63, 3.8) is 0 Å². The Balaban J connectivity index is 2.61. The van der Waals surface area contributed by atoms with Crippen molar-refractivity contribution in [1.29, 1.82) is 0 Å². The van der Waals surface area contributed by atoms with Gasteiger partial charge in [-0.2, -0.15) is 0 Å². The minimum absolute atomic E-state index is 0.0760. The molecular formula is C13H19N3O3. The third-order valence-corrected chi connectivity index (χ3v) is 2.76. The molecule has 1 aromatic rings. The SMILES string of the molecule is Cc1c(CNC(=O)CNC(C)C)cccc1[N+](=O)[O-]. The van der Waals surface area contributed by atoms with Gasteiger partial charge in [0.05, 0.1) is 11.5 Å². The summed E-state index contributed by atoms with van der Waals surface area (Å²) in [5, 5.41) is 16.5. The maximum absolute atomic E-state index is 11.5. The predicted octanol–water partition coefficient (Wildman–Crippen LogP) is 1.52. The van der Waals surface area contributed by atoms with Crippen LogP contribution in [-0.2, 0) is 11.3 Å². The van der Waals surface area contributed by atoms with Gasteiger partial charge in [-0.15, -0.1) is 0 Å². The molecule has 19 heavy (non-hydrogen) atoms. The van der Waals surface area contributed by atoms with Crippen LogP contribution in [0.4, 0.5) is 5.69 Å². The molecule has 0 aliphatic rings. The number of hydrogen-bond acceptors (Lipinski definition) is 4. The molecule has 2 N–H and O–H groups in total. The highest BCUT2D eigenvalue weighted by Crippen LogP contribution is 2.20. The van der Waals surface area contributed by atoms with Crippen LogP contribution in [0.5, 0.6) is 0 Å². The fraction of sp³-hybridized carbons (Fsp3) is 0.462. The standard InChI is InChI=1S/C13H19N3O3/c1-9(2)14-8-13(17)15-7-11-5-4-6-12(10(11)3)16(18)19/h4-6,9,14H,7-8H2,1-3H3,(H,15,17). The van der Waals surface area contributed by atoms with Gasteiger partial charge in [-0.3, -0.25) is 14.9 Å². The minimum Gasteiger partial charge on any atom is -0.351 e. The van der Waals surface area contributed by atoms with E-state index in [9.17, 15) is 14.9 Å². The highest BCUT2D eigenvalue weighted by atomic mass is 16.6. The highest BCUT2D eigenvalue weighted by molar-refractivity contribution is 5.78. The van der Waals surface area contributed by atoms with Crippen molar-refractivity contribution >= 4 is 11.6 Å². The zero-order chi connectivity index (χ0) is 14.4. The summed E-state index contributed by atoms with van der Waals surface area (Å²) in [6.45, 7) is 6.14. The molecule has 0 saturated heterocycles. The van der Waals surface area contributed by atoms with Crippen LogP contribution in [0.1, 0.15) is 25.0 Å². The van der Waals surface area contributed by atoms with E-state index in [1.807, 2.05) is 13.8 Å². The van der Waals surface area contributed by atoms with Crippen molar-refractivity contribution in [2.45, 2.75) is 33.4 Å². The Morgan fingerprint density at radius 2 is 2.11 bits per heavy atom. The average Bonchev–Trinajstić information content (AvgIpc) is 2.34. The Labute approximate surface area is 112 Å². The molecular weight excluding hydrogens is 246 g/mol. The van der Waals surface area contributed by atoms with E-state index < -0.39 is 4.92 Å². The molecule has 0 aliphatic heterocycles. The van der Waals surface area contributed by atoms with E-state index in [4.69, 9.17) is 0 Å². The first-order valence-corrected chi connectivity index (χ1v) is 6.14. The second-order valence-corrected chi connectivity index (χ2v) is 4.63. The first-order valence-electron chi connectivity index (χ1n) is 6.14. The lowest BCUT2D eigenvalue weighted by Gasteiger charge is -2.10. The number of carbonyl (C=O) groups excluding carboxylic acids is 1. The fourth-order valence-corrected chi connectivity index (χ4v) is 1.61. The van der Waals surface area contributed by atoms with Gasteiger partial charge in [0, 0.05) is 24.2 Å². The van der Waals surface area contributed by atoms with E-state index in [0.717, 1.165) is 5.56 Å².